The van der Waals surface area contributed by atoms with Crippen LogP contribution in [0.1, 0.15) is 10.4 Å². The molecule has 0 aliphatic rings. The van der Waals surface area contributed by atoms with Gasteiger partial charge in [0, 0.05) is 16.5 Å². The van der Waals surface area contributed by atoms with Gasteiger partial charge in [-0.05, 0) is 6.07 Å². The molecule has 0 bridgehead atoms. The number of fused-ring (bicyclic) bond motifs is 1. The number of nitrogen functional groups attached to an aromatic ring is 2. The lowest BCUT2D eigenvalue weighted by Crippen LogP contribution is -2.04. The van der Waals surface area contributed by atoms with E-state index in [0.717, 1.165) is 5.39 Å². The molecule has 0 atom stereocenters. The minimum Gasteiger partial charge on any atom is -0.478 e. The van der Waals surface area contributed by atoms with Crippen molar-refractivity contribution in [3.8, 4) is 0 Å². The van der Waals surface area contributed by atoms with Crippen molar-refractivity contribution in [1.29, 1.82) is 0 Å². The average Bonchev–Trinajstić information content (AvgIpc) is 2.23. The Morgan fingerprint density at radius 1 is 1.13 bits per heavy atom. The second-order valence-electron chi connectivity index (χ2n) is 3.28. The van der Waals surface area contributed by atoms with Crippen molar-refractivity contribution in [3.05, 3.63) is 35.9 Å². The molecule has 76 valence electrons. The van der Waals surface area contributed by atoms with E-state index in [0.29, 0.717) is 11.1 Å². The molecule has 4 heteroatoms. The summed E-state index contributed by atoms with van der Waals surface area (Å²) in [6.07, 6.45) is 0. The molecular formula is C11H10N2O2. The molecule has 0 fully saturated rings. The number of carboxylic acids is 1. The van der Waals surface area contributed by atoms with E-state index >= 15 is 0 Å². The van der Waals surface area contributed by atoms with Crippen molar-refractivity contribution in [1.82, 2.24) is 0 Å². The van der Waals surface area contributed by atoms with E-state index in [-0.39, 0.29) is 11.3 Å². The molecule has 0 spiro atoms. The van der Waals surface area contributed by atoms with Crippen molar-refractivity contribution in [2.24, 2.45) is 0 Å². The standard InChI is InChI=1S/C11H10N2O2/c12-9-5-8(11(14)15)10(13)7-4-2-1-3-6(7)9/h1-5H,12-13H2,(H,14,15). The Balaban J connectivity index is 2.90. The molecule has 2 aromatic carbocycles. The van der Waals surface area contributed by atoms with E-state index in [1.165, 1.54) is 6.07 Å². The predicted octanol–water partition coefficient (Wildman–Crippen LogP) is 1.70. The number of nitrogens with two attached hydrogens (primary N) is 2. The average molecular weight is 202 g/mol. The normalized spacial score (nSPS) is 10.4. The highest BCUT2D eigenvalue weighted by molar-refractivity contribution is 6.09. The first kappa shape index (κ1) is 9.33. The van der Waals surface area contributed by atoms with Gasteiger partial charge in [-0.15, -0.1) is 0 Å². The molecule has 0 amide bonds. The van der Waals surface area contributed by atoms with Crippen LogP contribution in [0.3, 0.4) is 0 Å². The van der Waals surface area contributed by atoms with Gasteiger partial charge < -0.3 is 16.6 Å². The van der Waals surface area contributed by atoms with Gasteiger partial charge >= 0.3 is 5.97 Å². The third-order valence-electron chi connectivity index (χ3n) is 2.35. The molecule has 0 heterocycles. The van der Waals surface area contributed by atoms with Crippen LogP contribution in [0, 0.1) is 0 Å². The highest BCUT2D eigenvalue weighted by atomic mass is 16.4. The number of aromatic carboxylic acids is 1. The van der Waals surface area contributed by atoms with Crippen LogP contribution in [-0.2, 0) is 0 Å². The van der Waals surface area contributed by atoms with Gasteiger partial charge in [-0.1, -0.05) is 24.3 Å². The van der Waals surface area contributed by atoms with Crippen LogP contribution in [0.15, 0.2) is 30.3 Å². The quantitative estimate of drug-likeness (QED) is 0.614. The fraction of sp³-hybridized carbons (Fsp3) is 0. The number of hydrogen-bond acceptors (Lipinski definition) is 3. The third-order valence-corrected chi connectivity index (χ3v) is 2.35. The summed E-state index contributed by atoms with van der Waals surface area (Å²) in [5, 5.41) is 10.4. The van der Waals surface area contributed by atoms with Crippen molar-refractivity contribution in [2.75, 3.05) is 11.5 Å². The summed E-state index contributed by atoms with van der Waals surface area (Å²) in [5.41, 5.74) is 12.2. The molecule has 0 radical (unpaired) electrons. The molecule has 0 aliphatic heterocycles. The van der Waals surface area contributed by atoms with Crippen LogP contribution in [0.5, 0.6) is 0 Å². The first-order valence-electron chi connectivity index (χ1n) is 4.41. The highest BCUT2D eigenvalue weighted by Gasteiger charge is 2.12. The summed E-state index contributed by atoms with van der Waals surface area (Å²) in [5.74, 6) is -1.06. The number of hydrogen-bond donors (Lipinski definition) is 3. The van der Waals surface area contributed by atoms with Crippen LogP contribution in [0.25, 0.3) is 10.8 Å². The fourth-order valence-corrected chi connectivity index (χ4v) is 1.60. The molecule has 0 aromatic heterocycles. The number of anilines is 2. The van der Waals surface area contributed by atoms with E-state index in [2.05, 4.69) is 0 Å². The smallest absolute Gasteiger partial charge is 0.337 e. The van der Waals surface area contributed by atoms with Gasteiger partial charge in [0.2, 0.25) is 0 Å². The predicted molar refractivity (Wildman–Crippen MR) is 59.7 cm³/mol. The lowest BCUT2D eigenvalue weighted by molar-refractivity contribution is 0.0698. The van der Waals surface area contributed by atoms with E-state index < -0.39 is 5.97 Å². The Morgan fingerprint density at radius 3 is 2.33 bits per heavy atom. The van der Waals surface area contributed by atoms with Crippen LogP contribution in [0.2, 0.25) is 0 Å². The lowest BCUT2D eigenvalue weighted by atomic mass is 10.0. The van der Waals surface area contributed by atoms with Crippen LogP contribution in [-0.4, -0.2) is 11.1 Å². The summed E-state index contributed by atoms with van der Waals surface area (Å²) < 4.78 is 0. The minimum atomic E-state index is -1.06. The van der Waals surface area contributed by atoms with Crippen LogP contribution >= 0.6 is 0 Å². The lowest BCUT2D eigenvalue weighted by Gasteiger charge is -2.08. The maximum atomic E-state index is 10.9. The topological polar surface area (TPSA) is 89.3 Å². The van der Waals surface area contributed by atoms with Crippen LogP contribution < -0.4 is 11.5 Å². The van der Waals surface area contributed by atoms with Crippen molar-refractivity contribution in [2.45, 2.75) is 0 Å². The van der Waals surface area contributed by atoms with Crippen molar-refractivity contribution >= 4 is 28.1 Å². The zero-order chi connectivity index (χ0) is 11.0. The first-order chi connectivity index (χ1) is 7.11. The SMILES string of the molecule is Nc1cc(C(=O)O)c(N)c2ccccc12. The fourth-order valence-electron chi connectivity index (χ4n) is 1.60. The second-order valence-corrected chi connectivity index (χ2v) is 3.28. The summed E-state index contributed by atoms with van der Waals surface area (Å²) in [6.45, 7) is 0. The molecular weight excluding hydrogens is 192 g/mol. The summed E-state index contributed by atoms with van der Waals surface area (Å²) >= 11 is 0. The molecule has 0 unspecified atom stereocenters. The molecule has 15 heavy (non-hydrogen) atoms. The van der Waals surface area contributed by atoms with Crippen molar-refractivity contribution < 1.29 is 9.90 Å². The maximum Gasteiger partial charge on any atom is 0.337 e. The van der Waals surface area contributed by atoms with Gasteiger partial charge in [0.1, 0.15) is 0 Å². The van der Waals surface area contributed by atoms with E-state index in [1.807, 2.05) is 12.1 Å². The van der Waals surface area contributed by atoms with Gasteiger partial charge in [-0.3, -0.25) is 0 Å². The van der Waals surface area contributed by atoms with E-state index in [9.17, 15) is 4.79 Å². The van der Waals surface area contributed by atoms with Gasteiger partial charge in [-0.25, -0.2) is 4.79 Å². The Bertz CT molecular complexity index is 550. The summed E-state index contributed by atoms with van der Waals surface area (Å²) in [4.78, 5) is 10.9. The van der Waals surface area contributed by atoms with E-state index in [1.54, 1.807) is 12.1 Å². The number of carboxylic acid groups (broad SMARTS) is 1. The van der Waals surface area contributed by atoms with Gasteiger partial charge in [-0.2, -0.15) is 0 Å². The first-order valence-corrected chi connectivity index (χ1v) is 4.41. The molecule has 0 saturated carbocycles. The van der Waals surface area contributed by atoms with Crippen LogP contribution in [0.4, 0.5) is 11.4 Å². The monoisotopic (exact) mass is 202 g/mol. The maximum absolute atomic E-state index is 10.9. The zero-order valence-corrected chi connectivity index (χ0v) is 7.90. The molecule has 4 nitrogen and oxygen atoms in total. The second kappa shape index (κ2) is 3.16. The summed E-state index contributed by atoms with van der Waals surface area (Å²) in [7, 11) is 0. The molecule has 2 aromatic rings. The molecule has 5 N–H and O–H groups in total. The number of benzene rings is 2. The number of rotatable bonds is 1. The molecule has 0 aliphatic carbocycles. The third kappa shape index (κ3) is 1.36. The Morgan fingerprint density at radius 2 is 1.73 bits per heavy atom. The van der Waals surface area contributed by atoms with Crippen molar-refractivity contribution in [3.63, 3.8) is 0 Å². The van der Waals surface area contributed by atoms with Gasteiger partial charge in [0.05, 0.1) is 11.3 Å². The zero-order valence-electron chi connectivity index (χ0n) is 7.90. The Hall–Kier alpha value is -2.23. The molecule has 0 saturated heterocycles. The van der Waals surface area contributed by atoms with Gasteiger partial charge in [0.25, 0.3) is 0 Å². The number of carbonyl (C=O) groups is 1. The molecule has 2 rings (SSSR count). The van der Waals surface area contributed by atoms with E-state index in [4.69, 9.17) is 16.6 Å². The Labute approximate surface area is 86.1 Å². The summed E-state index contributed by atoms with van der Waals surface area (Å²) in [6, 6.07) is 8.59. The van der Waals surface area contributed by atoms with Gasteiger partial charge in [0.15, 0.2) is 0 Å². The minimum absolute atomic E-state index is 0.0474. The largest absolute Gasteiger partial charge is 0.478 e. The highest BCUT2D eigenvalue weighted by Crippen LogP contribution is 2.29. The Kier molecular flexibility index (Phi) is 1.97.